The lowest BCUT2D eigenvalue weighted by molar-refractivity contribution is 0.238. The van der Waals surface area contributed by atoms with Crippen molar-refractivity contribution in [2.24, 2.45) is 0 Å². The minimum atomic E-state index is -3.23. The first-order valence-corrected chi connectivity index (χ1v) is 8.59. The van der Waals surface area contributed by atoms with Gasteiger partial charge in [-0.25, -0.2) is 26.3 Å². The summed E-state index contributed by atoms with van der Waals surface area (Å²) >= 11 is 0. The summed E-state index contributed by atoms with van der Waals surface area (Å²) in [5, 5.41) is 4.72. The summed E-state index contributed by atoms with van der Waals surface area (Å²) in [7, 11) is -3.23. The number of carbonyl (C=O) groups is 1. The first-order chi connectivity index (χ1) is 10.3. The van der Waals surface area contributed by atoms with Gasteiger partial charge in [0.15, 0.2) is 0 Å². The van der Waals surface area contributed by atoms with E-state index >= 15 is 0 Å². The molecule has 2 N–H and O–H groups in total. The van der Waals surface area contributed by atoms with Crippen LogP contribution in [0.5, 0.6) is 0 Å². The maximum atomic E-state index is 13.4. The van der Waals surface area contributed by atoms with Crippen LogP contribution in [0.25, 0.3) is 0 Å². The lowest BCUT2D eigenvalue weighted by Crippen LogP contribution is -2.47. The summed E-state index contributed by atoms with van der Waals surface area (Å²) < 4.78 is 50.9. The molecule has 0 spiro atoms. The zero-order chi connectivity index (χ0) is 16.3. The minimum absolute atomic E-state index is 0.243. The van der Waals surface area contributed by atoms with E-state index in [4.69, 9.17) is 0 Å². The van der Waals surface area contributed by atoms with Crippen LogP contribution in [0.2, 0.25) is 0 Å². The topological polar surface area (TPSA) is 78.5 Å². The number of nitrogens with one attached hydrogen (secondary N) is 2. The largest absolute Gasteiger partial charge is 0.335 e. The number of rotatable bonds is 3. The quantitative estimate of drug-likeness (QED) is 0.880. The van der Waals surface area contributed by atoms with Gasteiger partial charge in [-0.3, -0.25) is 0 Å². The van der Waals surface area contributed by atoms with Gasteiger partial charge in [0.1, 0.15) is 17.3 Å². The Bertz CT molecular complexity index is 638. The number of anilines is 1. The Balaban J connectivity index is 1.89. The van der Waals surface area contributed by atoms with Crippen LogP contribution < -0.4 is 10.6 Å². The van der Waals surface area contributed by atoms with Crippen LogP contribution in [0, 0.1) is 11.6 Å². The molecule has 9 heteroatoms. The summed E-state index contributed by atoms with van der Waals surface area (Å²) in [4.78, 5) is 11.8. The number of para-hydroxylation sites is 1. The van der Waals surface area contributed by atoms with Gasteiger partial charge in [0.05, 0.1) is 6.26 Å². The van der Waals surface area contributed by atoms with Crippen molar-refractivity contribution in [3.63, 3.8) is 0 Å². The average Bonchev–Trinajstić information content (AvgIpc) is 2.43. The summed E-state index contributed by atoms with van der Waals surface area (Å²) in [5.41, 5.74) is -0.506. The number of amides is 2. The van der Waals surface area contributed by atoms with Crippen molar-refractivity contribution < 1.29 is 22.0 Å². The molecule has 0 aromatic heterocycles. The van der Waals surface area contributed by atoms with Crippen molar-refractivity contribution >= 4 is 21.7 Å². The van der Waals surface area contributed by atoms with Crippen LogP contribution in [0.4, 0.5) is 19.3 Å². The molecule has 1 aliphatic rings. The van der Waals surface area contributed by atoms with Crippen molar-refractivity contribution in [3.05, 3.63) is 29.8 Å². The Hall–Kier alpha value is -1.74. The Kier molecular flexibility index (Phi) is 4.97. The van der Waals surface area contributed by atoms with Gasteiger partial charge >= 0.3 is 6.03 Å². The van der Waals surface area contributed by atoms with E-state index in [9.17, 15) is 22.0 Å². The smallest absolute Gasteiger partial charge is 0.319 e. The zero-order valence-corrected chi connectivity index (χ0v) is 12.8. The molecule has 0 aliphatic carbocycles. The fourth-order valence-electron chi connectivity index (χ4n) is 2.28. The number of halogens is 2. The third-order valence-electron chi connectivity index (χ3n) is 3.46. The van der Waals surface area contributed by atoms with Crippen molar-refractivity contribution in [1.29, 1.82) is 0 Å². The monoisotopic (exact) mass is 333 g/mol. The maximum absolute atomic E-state index is 13.4. The van der Waals surface area contributed by atoms with Gasteiger partial charge in [-0.2, -0.15) is 0 Å². The number of urea groups is 1. The van der Waals surface area contributed by atoms with E-state index in [0.717, 1.165) is 18.4 Å². The fraction of sp³-hybridized carbons (Fsp3) is 0.462. The number of hydrogen-bond acceptors (Lipinski definition) is 3. The molecule has 1 aromatic carbocycles. The average molecular weight is 333 g/mol. The normalized spacial score (nSPS) is 17.2. The molecule has 0 radical (unpaired) electrons. The number of carbonyl (C=O) groups excluding carboxylic acids is 1. The van der Waals surface area contributed by atoms with Crippen molar-refractivity contribution in [3.8, 4) is 0 Å². The standard InChI is InChI=1S/C13H17F2N3O3S/c1-22(20,21)18-7-5-9(6-8-18)16-13(19)17-12-10(14)3-2-4-11(12)15/h2-4,9H,5-8H2,1H3,(H2,16,17,19). The third kappa shape index (κ3) is 4.14. The molecular formula is C13H17F2N3O3S. The van der Waals surface area contributed by atoms with E-state index in [2.05, 4.69) is 10.6 Å². The van der Waals surface area contributed by atoms with Gasteiger partial charge < -0.3 is 10.6 Å². The van der Waals surface area contributed by atoms with E-state index in [1.165, 1.54) is 10.4 Å². The molecule has 1 aromatic rings. The molecule has 22 heavy (non-hydrogen) atoms. The van der Waals surface area contributed by atoms with Crippen LogP contribution in [0.1, 0.15) is 12.8 Å². The number of piperidine rings is 1. The first-order valence-electron chi connectivity index (χ1n) is 6.74. The Morgan fingerprint density at radius 3 is 2.27 bits per heavy atom. The van der Waals surface area contributed by atoms with Crippen LogP contribution in [-0.2, 0) is 10.0 Å². The highest BCUT2D eigenvalue weighted by Crippen LogP contribution is 2.18. The van der Waals surface area contributed by atoms with E-state index < -0.39 is 33.4 Å². The Morgan fingerprint density at radius 2 is 1.77 bits per heavy atom. The number of nitrogens with zero attached hydrogens (tertiary/aromatic N) is 1. The van der Waals surface area contributed by atoms with Crippen LogP contribution in [0.15, 0.2) is 18.2 Å². The van der Waals surface area contributed by atoms with Crippen molar-refractivity contribution in [1.82, 2.24) is 9.62 Å². The molecule has 1 fully saturated rings. The first kappa shape index (κ1) is 16.6. The molecule has 0 bridgehead atoms. The molecule has 0 atom stereocenters. The molecule has 1 saturated heterocycles. The van der Waals surface area contributed by atoms with E-state index in [1.807, 2.05) is 0 Å². The summed E-state index contributed by atoms with van der Waals surface area (Å²) in [5.74, 6) is -1.72. The van der Waals surface area contributed by atoms with Gasteiger partial charge in [0, 0.05) is 19.1 Å². The second kappa shape index (κ2) is 6.57. The van der Waals surface area contributed by atoms with Crippen LogP contribution >= 0.6 is 0 Å². The molecule has 6 nitrogen and oxygen atoms in total. The molecular weight excluding hydrogens is 316 g/mol. The highest BCUT2D eigenvalue weighted by molar-refractivity contribution is 7.88. The molecule has 2 amide bonds. The molecule has 2 rings (SSSR count). The van der Waals surface area contributed by atoms with Gasteiger partial charge in [-0.15, -0.1) is 0 Å². The lowest BCUT2D eigenvalue weighted by Gasteiger charge is -2.30. The summed E-state index contributed by atoms with van der Waals surface area (Å²) in [6.45, 7) is 0.607. The van der Waals surface area contributed by atoms with Gasteiger partial charge in [-0.1, -0.05) is 6.07 Å². The number of benzene rings is 1. The number of hydrogen-bond donors (Lipinski definition) is 2. The molecule has 122 valence electrons. The van der Waals surface area contributed by atoms with Crippen molar-refractivity contribution in [2.75, 3.05) is 24.7 Å². The van der Waals surface area contributed by atoms with Crippen molar-refractivity contribution in [2.45, 2.75) is 18.9 Å². The Morgan fingerprint density at radius 1 is 1.23 bits per heavy atom. The second-order valence-corrected chi connectivity index (χ2v) is 7.11. The maximum Gasteiger partial charge on any atom is 0.319 e. The van der Waals surface area contributed by atoms with Crippen LogP contribution in [0.3, 0.4) is 0 Å². The molecule has 0 saturated carbocycles. The second-order valence-electron chi connectivity index (χ2n) is 5.13. The molecule has 0 unspecified atom stereocenters. The van der Waals surface area contributed by atoms with E-state index in [-0.39, 0.29) is 6.04 Å². The molecule has 1 heterocycles. The number of sulfonamides is 1. The van der Waals surface area contributed by atoms with E-state index in [1.54, 1.807) is 0 Å². The minimum Gasteiger partial charge on any atom is -0.335 e. The van der Waals surface area contributed by atoms with Gasteiger partial charge in [-0.05, 0) is 25.0 Å². The van der Waals surface area contributed by atoms with E-state index in [0.29, 0.717) is 25.9 Å². The summed E-state index contributed by atoms with van der Waals surface area (Å²) in [6, 6.07) is 2.33. The summed E-state index contributed by atoms with van der Waals surface area (Å²) in [6.07, 6.45) is 2.02. The lowest BCUT2D eigenvalue weighted by atomic mass is 10.1. The Labute approximate surface area is 127 Å². The zero-order valence-electron chi connectivity index (χ0n) is 12.0. The van der Waals surface area contributed by atoms with Gasteiger partial charge in [0.25, 0.3) is 0 Å². The van der Waals surface area contributed by atoms with Gasteiger partial charge in [0.2, 0.25) is 10.0 Å². The highest BCUT2D eigenvalue weighted by Gasteiger charge is 2.26. The predicted molar refractivity (Wildman–Crippen MR) is 78.0 cm³/mol. The van der Waals surface area contributed by atoms with Crippen LogP contribution in [-0.4, -0.2) is 44.1 Å². The molecule has 1 aliphatic heterocycles. The highest BCUT2D eigenvalue weighted by atomic mass is 32.2. The fourth-order valence-corrected chi connectivity index (χ4v) is 3.16. The SMILES string of the molecule is CS(=O)(=O)N1CCC(NC(=O)Nc2c(F)cccc2F)CC1. The predicted octanol–water partition coefficient (Wildman–Crippen LogP) is 1.51. The third-order valence-corrected chi connectivity index (χ3v) is 4.76.